The topological polar surface area (TPSA) is 32.3 Å². The van der Waals surface area contributed by atoms with Crippen LogP contribution in [-0.4, -0.2) is 23.4 Å². The van der Waals surface area contributed by atoms with Crippen molar-refractivity contribution in [1.82, 2.24) is 10.2 Å². The SMILES string of the molecule is CN1C(=O)C2=C(NC1SCc1ccccc1)c1ccccc1CC21CCCCC1. The van der Waals surface area contributed by atoms with Crippen LogP contribution in [0.4, 0.5) is 0 Å². The maximum absolute atomic E-state index is 13.7. The summed E-state index contributed by atoms with van der Waals surface area (Å²) in [5.41, 5.74) is 6.02. The smallest absolute Gasteiger partial charge is 0.254 e. The highest BCUT2D eigenvalue weighted by molar-refractivity contribution is 7.99. The summed E-state index contributed by atoms with van der Waals surface area (Å²) in [5.74, 6) is 1.10. The molecular formula is C25H28N2OS. The van der Waals surface area contributed by atoms with Gasteiger partial charge in [-0.1, -0.05) is 73.9 Å². The highest BCUT2D eigenvalue weighted by Crippen LogP contribution is 2.52. The van der Waals surface area contributed by atoms with E-state index in [4.69, 9.17) is 0 Å². The Morgan fingerprint density at radius 1 is 1.03 bits per heavy atom. The van der Waals surface area contributed by atoms with Crippen LogP contribution in [-0.2, 0) is 17.0 Å². The molecule has 29 heavy (non-hydrogen) atoms. The monoisotopic (exact) mass is 404 g/mol. The largest absolute Gasteiger partial charge is 0.356 e. The minimum absolute atomic E-state index is 0.00927. The number of amides is 1. The molecule has 1 atom stereocenters. The average molecular weight is 405 g/mol. The molecule has 150 valence electrons. The molecule has 1 heterocycles. The first kappa shape index (κ1) is 18.8. The highest BCUT2D eigenvalue weighted by Gasteiger charge is 2.48. The Balaban J connectivity index is 1.51. The van der Waals surface area contributed by atoms with E-state index in [1.807, 2.05) is 18.0 Å². The van der Waals surface area contributed by atoms with Crippen LogP contribution in [0.5, 0.6) is 0 Å². The molecule has 3 aliphatic rings. The molecule has 1 spiro atoms. The van der Waals surface area contributed by atoms with Crippen molar-refractivity contribution in [3.63, 3.8) is 0 Å². The summed E-state index contributed by atoms with van der Waals surface area (Å²) in [6.07, 6.45) is 7.00. The third-order valence-electron chi connectivity index (χ3n) is 6.81. The third-order valence-corrected chi connectivity index (χ3v) is 8.06. The molecule has 3 nitrogen and oxygen atoms in total. The van der Waals surface area contributed by atoms with Gasteiger partial charge in [-0.25, -0.2) is 0 Å². The molecule has 2 aliphatic carbocycles. The second-order valence-electron chi connectivity index (χ2n) is 8.63. The van der Waals surface area contributed by atoms with Gasteiger partial charge in [-0.05, 0) is 30.4 Å². The summed E-state index contributed by atoms with van der Waals surface area (Å²) < 4.78 is 0. The Morgan fingerprint density at radius 2 is 1.76 bits per heavy atom. The quantitative estimate of drug-likeness (QED) is 0.765. The average Bonchev–Trinajstić information content (AvgIpc) is 2.76. The van der Waals surface area contributed by atoms with Crippen molar-refractivity contribution in [3.8, 4) is 0 Å². The van der Waals surface area contributed by atoms with Gasteiger partial charge in [-0.3, -0.25) is 4.79 Å². The second-order valence-corrected chi connectivity index (χ2v) is 9.70. The zero-order valence-corrected chi connectivity index (χ0v) is 17.8. The molecule has 0 bridgehead atoms. The minimum atomic E-state index is -0.0479. The van der Waals surface area contributed by atoms with E-state index in [2.05, 4.69) is 53.8 Å². The molecule has 1 saturated carbocycles. The number of carbonyl (C=O) groups is 1. The maximum Gasteiger partial charge on any atom is 0.254 e. The van der Waals surface area contributed by atoms with Crippen LogP contribution in [0.3, 0.4) is 0 Å². The van der Waals surface area contributed by atoms with Crippen molar-refractivity contribution in [1.29, 1.82) is 0 Å². The summed E-state index contributed by atoms with van der Waals surface area (Å²) in [5, 5.41) is 3.78. The van der Waals surface area contributed by atoms with Crippen molar-refractivity contribution in [2.75, 3.05) is 7.05 Å². The van der Waals surface area contributed by atoms with E-state index in [9.17, 15) is 4.79 Å². The number of benzene rings is 2. The summed E-state index contributed by atoms with van der Waals surface area (Å²) in [6, 6.07) is 19.2. The van der Waals surface area contributed by atoms with Gasteiger partial charge in [0, 0.05) is 29.4 Å². The van der Waals surface area contributed by atoms with Gasteiger partial charge in [0.2, 0.25) is 0 Å². The zero-order chi connectivity index (χ0) is 19.8. The number of carbonyl (C=O) groups excluding carboxylic acids is 1. The van der Waals surface area contributed by atoms with Crippen molar-refractivity contribution >= 4 is 23.4 Å². The van der Waals surface area contributed by atoms with Gasteiger partial charge in [0.25, 0.3) is 5.91 Å². The standard InChI is InChI=1S/C25H28N2OS/c1-27-23(28)21-22(26-24(27)29-17-18-10-4-2-5-11-18)20-13-7-6-12-19(20)16-25(21)14-8-3-9-15-25/h2,4-7,10-13,24,26H,3,8-9,14-17H2,1H3. The summed E-state index contributed by atoms with van der Waals surface area (Å²) in [4.78, 5) is 15.6. The third kappa shape index (κ3) is 3.28. The van der Waals surface area contributed by atoms with E-state index in [1.54, 1.807) is 11.8 Å². The molecular weight excluding hydrogens is 376 g/mol. The number of rotatable bonds is 3. The molecule has 0 saturated heterocycles. The number of nitrogens with one attached hydrogen (secondary N) is 1. The maximum atomic E-state index is 13.7. The number of nitrogens with zero attached hydrogens (tertiary/aromatic N) is 1. The second kappa shape index (κ2) is 7.56. The van der Waals surface area contributed by atoms with Crippen LogP contribution in [0.1, 0.15) is 48.8 Å². The van der Waals surface area contributed by atoms with Gasteiger partial charge in [0.1, 0.15) is 0 Å². The fourth-order valence-electron chi connectivity index (χ4n) is 5.32. The summed E-state index contributed by atoms with van der Waals surface area (Å²) >= 11 is 1.79. The summed E-state index contributed by atoms with van der Waals surface area (Å²) in [7, 11) is 1.96. The molecule has 1 N–H and O–H groups in total. The molecule has 2 aromatic carbocycles. The first-order valence-electron chi connectivity index (χ1n) is 10.7. The van der Waals surface area contributed by atoms with Crippen LogP contribution in [0, 0.1) is 5.41 Å². The van der Waals surface area contributed by atoms with Gasteiger partial charge < -0.3 is 10.2 Å². The Morgan fingerprint density at radius 3 is 2.55 bits per heavy atom. The fourth-order valence-corrected chi connectivity index (χ4v) is 6.38. The van der Waals surface area contributed by atoms with E-state index in [-0.39, 0.29) is 16.8 Å². The first-order valence-corrected chi connectivity index (χ1v) is 11.8. The fraction of sp³-hybridized carbons (Fsp3) is 0.400. The van der Waals surface area contributed by atoms with Crippen molar-refractivity contribution in [3.05, 3.63) is 76.9 Å². The van der Waals surface area contributed by atoms with Gasteiger partial charge in [-0.15, -0.1) is 11.8 Å². The van der Waals surface area contributed by atoms with E-state index in [0.717, 1.165) is 36.3 Å². The van der Waals surface area contributed by atoms with Crippen LogP contribution in [0.15, 0.2) is 60.2 Å². The predicted molar refractivity (Wildman–Crippen MR) is 120 cm³/mol. The molecule has 0 radical (unpaired) electrons. The lowest BCUT2D eigenvalue weighted by Gasteiger charge is -2.48. The lowest BCUT2D eigenvalue weighted by molar-refractivity contribution is -0.129. The molecule has 1 amide bonds. The lowest BCUT2D eigenvalue weighted by atomic mass is 9.61. The van der Waals surface area contributed by atoms with Crippen LogP contribution in [0.2, 0.25) is 0 Å². The minimum Gasteiger partial charge on any atom is -0.356 e. The van der Waals surface area contributed by atoms with Gasteiger partial charge >= 0.3 is 0 Å². The van der Waals surface area contributed by atoms with Crippen molar-refractivity contribution in [2.45, 2.75) is 49.8 Å². The number of thioether (sulfide) groups is 1. The summed E-state index contributed by atoms with van der Waals surface area (Å²) in [6.45, 7) is 0. The lowest BCUT2D eigenvalue weighted by Crippen LogP contribution is -2.54. The number of hydrogen-bond donors (Lipinski definition) is 1. The molecule has 0 aromatic heterocycles. The number of hydrogen-bond acceptors (Lipinski definition) is 3. The molecule has 1 fully saturated rings. The normalized spacial score (nSPS) is 22.9. The van der Waals surface area contributed by atoms with Crippen LogP contribution < -0.4 is 5.32 Å². The molecule has 2 aromatic rings. The van der Waals surface area contributed by atoms with E-state index in [0.29, 0.717) is 0 Å². The molecule has 5 rings (SSSR count). The Kier molecular flexibility index (Phi) is 4.91. The van der Waals surface area contributed by atoms with Gasteiger partial charge in [-0.2, -0.15) is 0 Å². The van der Waals surface area contributed by atoms with E-state index < -0.39 is 0 Å². The Labute approximate surface area is 177 Å². The highest BCUT2D eigenvalue weighted by atomic mass is 32.2. The zero-order valence-electron chi connectivity index (χ0n) is 17.0. The first-order chi connectivity index (χ1) is 14.2. The number of likely N-dealkylation sites (N-methyl/N-ethyl adjacent to an activating group) is 1. The van der Waals surface area contributed by atoms with Crippen molar-refractivity contribution in [2.24, 2.45) is 5.41 Å². The Bertz CT molecular complexity index is 946. The van der Waals surface area contributed by atoms with Crippen molar-refractivity contribution < 1.29 is 4.79 Å². The van der Waals surface area contributed by atoms with Crippen LogP contribution in [0.25, 0.3) is 5.70 Å². The van der Waals surface area contributed by atoms with Gasteiger partial charge in [0.15, 0.2) is 5.50 Å². The molecule has 4 heteroatoms. The number of fused-ring (bicyclic) bond motifs is 3. The van der Waals surface area contributed by atoms with E-state index >= 15 is 0 Å². The predicted octanol–water partition coefficient (Wildman–Crippen LogP) is 5.18. The van der Waals surface area contributed by atoms with E-state index in [1.165, 1.54) is 36.0 Å². The van der Waals surface area contributed by atoms with Gasteiger partial charge in [0.05, 0.1) is 5.70 Å². The van der Waals surface area contributed by atoms with Crippen LogP contribution >= 0.6 is 11.8 Å². The Hall–Kier alpha value is -2.20. The molecule has 1 aliphatic heterocycles. The molecule has 1 unspecified atom stereocenters.